The number of pyridine rings is 1. The number of hydrogen-bond acceptors (Lipinski definition) is 3. The Morgan fingerprint density at radius 2 is 1.89 bits per heavy atom. The third kappa shape index (κ3) is 3.76. The van der Waals surface area contributed by atoms with Crippen LogP contribution in [0.25, 0.3) is 22.2 Å². The van der Waals surface area contributed by atoms with Crippen molar-refractivity contribution in [1.29, 1.82) is 0 Å². The molecule has 0 saturated heterocycles. The van der Waals surface area contributed by atoms with E-state index in [0.29, 0.717) is 23.2 Å². The Kier molecular flexibility index (Phi) is 5.10. The first-order valence-corrected chi connectivity index (χ1v) is 9.04. The summed E-state index contributed by atoms with van der Waals surface area (Å²) in [5.41, 5.74) is 3.56. The van der Waals surface area contributed by atoms with E-state index in [-0.39, 0.29) is 5.91 Å². The first-order valence-electron chi connectivity index (χ1n) is 9.04. The molecule has 4 rings (SSSR count). The highest BCUT2D eigenvalue weighted by Crippen LogP contribution is 2.24. The van der Waals surface area contributed by atoms with Crippen molar-refractivity contribution in [2.75, 3.05) is 6.67 Å². The minimum absolute atomic E-state index is 0.318. The van der Waals surface area contributed by atoms with Gasteiger partial charge in [-0.15, -0.1) is 0 Å². The number of aromatic nitrogens is 3. The average Bonchev–Trinajstić information content (AvgIpc) is 3.28. The highest BCUT2D eigenvalue weighted by molar-refractivity contribution is 6.07. The predicted octanol–water partition coefficient (Wildman–Crippen LogP) is 3.94. The molecule has 1 atom stereocenters. The maximum Gasteiger partial charge on any atom is 0.252 e. The number of para-hydroxylation sites is 1. The van der Waals surface area contributed by atoms with Crippen LogP contribution in [0.5, 0.6) is 0 Å². The van der Waals surface area contributed by atoms with Gasteiger partial charge in [0.05, 0.1) is 29.0 Å². The highest BCUT2D eigenvalue weighted by atomic mass is 19.1. The fourth-order valence-corrected chi connectivity index (χ4v) is 3.21. The summed E-state index contributed by atoms with van der Waals surface area (Å²) < 4.78 is 13.6. The van der Waals surface area contributed by atoms with Crippen LogP contribution in [0.3, 0.4) is 0 Å². The van der Waals surface area contributed by atoms with Gasteiger partial charge in [-0.3, -0.25) is 9.89 Å². The molecule has 2 N–H and O–H groups in total. The van der Waals surface area contributed by atoms with Gasteiger partial charge in [0.25, 0.3) is 5.91 Å². The van der Waals surface area contributed by atoms with Gasteiger partial charge in [-0.1, -0.05) is 48.5 Å². The van der Waals surface area contributed by atoms with Gasteiger partial charge in [0.1, 0.15) is 6.67 Å². The van der Waals surface area contributed by atoms with E-state index in [1.165, 1.54) is 0 Å². The number of aromatic amines is 1. The van der Waals surface area contributed by atoms with Crippen LogP contribution < -0.4 is 5.32 Å². The van der Waals surface area contributed by atoms with Crippen LogP contribution in [0.15, 0.2) is 73.1 Å². The van der Waals surface area contributed by atoms with Gasteiger partial charge in [0.2, 0.25) is 0 Å². The normalized spacial score (nSPS) is 12.0. The topological polar surface area (TPSA) is 70.7 Å². The lowest BCUT2D eigenvalue weighted by molar-refractivity contribution is 0.0931. The largest absolute Gasteiger partial charge is 0.346 e. The lowest BCUT2D eigenvalue weighted by Gasteiger charge is -2.17. The molecular formula is C22H19FN4O. The number of nitrogens with one attached hydrogen (secondary N) is 2. The number of nitrogens with zero attached hydrogens (tertiary/aromatic N) is 2. The van der Waals surface area contributed by atoms with E-state index in [4.69, 9.17) is 0 Å². The molecule has 5 nitrogen and oxygen atoms in total. The van der Waals surface area contributed by atoms with E-state index >= 15 is 0 Å². The van der Waals surface area contributed by atoms with E-state index in [1.54, 1.807) is 18.5 Å². The Hall–Kier alpha value is -3.54. The Morgan fingerprint density at radius 3 is 2.64 bits per heavy atom. The summed E-state index contributed by atoms with van der Waals surface area (Å²) in [6.07, 6.45) is 3.80. The number of halogens is 1. The van der Waals surface area contributed by atoms with Crippen LogP contribution in [0.4, 0.5) is 4.39 Å². The van der Waals surface area contributed by atoms with Gasteiger partial charge in [-0.25, -0.2) is 9.37 Å². The van der Waals surface area contributed by atoms with Crippen LogP contribution >= 0.6 is 0 Å². The van der Waals surface area contributed by atoms with Crippen molar-refractivity contribution in [3.8, 4) is 11.3 Å². The molecule has 4 aromatic rings. The van der Waals surface area contributed by atoms with Crippen molar-refractivity contribution in [1.82, 2.24) is 20.5 Å². The molecule has 0 fully saturated rings. The summed E-state index contributed by atoms with van der Waals surface area (Å²) in [6.45, 7) is -0.641. The molecule has 2 aromatic heterocycles. The lowest BCUT2D eigenvalue weighted by Crippen LogP contribution is -2.38. The van der Waals surface area contributed by atoms with E-state index in [2.05, 4.69) is 20.5 Å². The number of alkyl halides is 1. The molecule has 140 valence electrons. The molecule has 1 unspecified atom stereocenters. The number of carbonyl (C=O) groups excluding carboxylic acids is 1. The fourth-order valence-electron chi connectivity index (χ4n) is 3.21. The van der Waals surface area contributed by atoms with E-state index in [1.807, 2.05) is 54.6 Å². The second-order valence-electron chi connectivity index (χ2n) is 6.57. The molecule has 0 aliphatic heterocycles. The van der Waals surface area contributed by atoms with E-state index in [0.717, 1.165) is 16.5 Å². The van der Waals surface area contributed by atoms with Crippen molar-refractivity contribution in [2.24, 2.45) is 0 Å². The Balaban J connectivity index is 1.66. The number of fused-ring (bicyclic) bond motifs is 1. The molecule has 6 heteroatoms. The molecule has 0 spiro atoms. The van der Waals surface area contributed by atoms with Crippen molar-refractivity contribution in [2.45, 2.75) is 12.5 Å². The average molecular weight is 374 g/mol. The minimum atomic E-state index is -0.641. The third-order valence-corrected chi connectivity index (χ3v) is 4.60. The first kappa shape index (κ1) is 17.9. The summed E-state index contributed by atoms with van der Waals surface area (Å²) >= 11 is 0. The maximum absolute atomic E-state index is 13.6. The quantitative estimate of drug-likeness (QED) is 0.537. The van der Waals surface area contributed by atoms with Crippen LogP contribution in [-0.4, -0.2) is 33.8 Å². The Bertz CT molecular complexity index is 1080. The van der Waals surface area contributed by atoms with Gasteiger partial charge in [0, 0.05) is 17.1 Å². The van der Waals surface area contributed by atoms with Gasteiger partial charge < -0.3 is 5.32 Å². The van der Waals surface area contributed by atoms with Crippen LogP contribution in [-0.2, 0) is 6.42 Å². The molecule has 28 heavy (non-hydrogen) atoms. The molecule has 1 amide bonds. The zero-order valence-corrected chi connectivity index (χ0v) is 15.1. The number of carbonyl (C=O) groups is 1. The number of amides is 1. The second-order valence-corrected chi connectivity index (χ2v) is 6.57. The zero-order chi connectivity index (χ0) is 19.3. The number of H-pyrrole nitrogens is 1. The zero-order valence-electron chi connectivity index (χ0n) is 15.1. The monoisotopic (exact) mass is 374 g/mol. The summed E-state index contributed by atoms with van der Waals surface area (Å²) in [4.78, 5) is 17.6. The molecule has 2 heterocycles. The second kappa shape index (κ2) is 8.00. The van der Waals surface area contributed by atoms with Gasteiger partial charge in [0.15, 0.2) is 0 Å². The van der Waals surface area contributed by atoms with Gasteiger partial charge in [-0.2, -0.15) is 5.10 Å². The number of hydrogen-bond donors (Lipinski definition) is 2. The Labute approximate surface area is 161 Å². The van der Waals surface area contributed by atoms with Crippen molar-refractivity contribution in [3.63, 3.8) is 0 Å². The highest BCUT2D eigenvalue weighted by Gasteiger charge is 2.18. The summed E-state index contributed by atoms with van der Waals surface area (Å²) in [5, 5.41) is 10.3. The summed E-state index contributed by atoms with van der Waals surface area (Å²) in [5.74, 6) is -0.318. The van der Waals surface area contributed by atoms with Crippen LogP contribution in [0.1, 0.15) is 15.9 Å². The smallest absolute Gasteiger partial charge is 0.252 e. The molecule has 0 bridgehead atoms. The summed E-state index contributed by atoms with van der Waals surface area (Å²) in [7, 11) is 0. The maximum atomic E-state index is 13.6. The number of rotatable bonds is 6. The van der Waals surface area contributed by atoms with Gasteiger partial charge >= 0.3 is 0 Å². The first-order chi connectivity index (χ1) is 13.7. The van der Waals surface area contributed by atoms with Gasteiger partial charge in [-0.05, 0) is 24.1 Å². The third-order valence-electron chi connectivity index (χ3n) is 4.60. The SMILES string of the molecule is O=C(NC(CF)Cc1ccccc1)c1cc(-c2cn[nH]c2)nc2ccccc12. The molecule has 0 aliphatic rings. The predicted molar refractivity (Wildman–Crippen MR) is 107 cm³/mol. The molecular weight excluding hydrogens is 355 g/mol. The Morgan fingerprint density at radius 1 is 1.11 bits per heavy atom. The summed E-state index contributed by atoms with van der Waals surface area (Å²) in [6, 6.07) is 18.1. The fraction of sp³-hybridized carbons (Fsp3) is 0.136. The van der Waals surface area contributed by atoms with E-state index < -0.39 is 12.7 Å². The van der Waals surface area contributed by atoms with Crippen LogP contribution in [0, 0.1) is 0 Å². The van der Waals surface area contributed by atoms with Crippen molar-refractivity contribution >= 4 is 16.8 Å². The van der Waals surface area contributed by atoms with E-state index in [9.17, 15) is 9.18 Å². The van der Waals surface area contributed by atoms with Crippen molar-refractivity contribution in [3.05, 3.63) is 84.2 Å². The minimum Gasteiger partial charge on any atom is -0.346 e. The molecule has 2 aromatic carbocycles. The standard InChI is InChI=1S/C22H19FN4O/c23-12-17(10-15-6-2-1-3-7-15)26-22(28)19-11-21(16-13-24-25-14-16)27-20-9-5-4-8-18(19)20/h1-9,11,13-14,17H,10,12H2,(H,24,25)(H,26,28). The lowest BCUT2D eigenvalue weighted by atomic mass is 10.0. The molecule has 0 radical (unpaired) electrons. The van der Waals surface area contributed by atoms with Crippen LogP contribution in [0.2, 0.25) is 0 Å². The molecule has 0 aliphatic carbocycles. The van der Waals surface area contributed by atoms with Crippen molar-refractivity contribution < 1.29 is 9.18 Å². The molecule has 0 saturated carbocycles. The number of benzene rings is 2.